The first-order valence-electron chi connectivity index (χ1n) is 9.66. The van der Waals surface area contributed by atoms with Gasteiger partial charge in [-0.05, 0) is 41.8 Å². The number of anilines is 1. The van der Waals surface area contributed by atoms with E-state index in [9.17, 15) is 19.4 Å². The van der Waals surface area contributed by atoms with Crippen LogP contribution in [-0.4, -0.2) is 42.3 Å². The largest absolute Gasteiger partial charge is 0.493 e. The van der Waals surface area contributed by atoms with E-state index >= 15 is 0 Å². The zero-order valence-electron chi connectivity index (χ0n) is 17.1. The van der Waals surface area contributed by atoms with E-state index in [2.05, 4.69) is 20.4 Å². The lowest BCUT2D eigenvalue weighted by atomic mass is 10.0. The van der Waals surface area contributed by atoms with Crippen molar-refractivity contribution < 1.29 is 19.4 Å². The third-order valence-corrected chi connectivity index (χ3v) is 6.04. The lowest BCUT2D eigenvalue weighted by Crippen LogP contribution is -2.15. The molecule has 0 fully saturated rings. The van der Waals surface area contributed by atoms with Crippen molar-refractivity contribution in [2.75, 3.05) is 12.0 Å². The number of rotatable bonds is 6. The van der Waals surface area contributed by atoms with Gasteiger partial charge in [0.15, 0.2) is 0 Å². The molecule has 0 saturated heterocycles. The standard InChI is InChI=1S/C22H20N5O4P/c1-32(30,31)17-9-7-15(8-10-17)13-16-5-2-3-6-19(16)25-20(28)18-14-23-22(26-21(18)29)27-12-4-11-24-27/h2-12,14H,13H2,1H3,(H,25,28)(H,30,31)(H,23,26,29). The zero-order valence-corrected chi connectivity index (χ0v) is 18.0. The SMILES string of the molecule is C[P@](=O)(O)c1ccc(Cc2ccccc2NC(=O)c2cnc(-n3cccn3)nc2O)cc1. The van der Waals surface area contributed by atoms with Crippen LogP contribution in [0.2, 0.25) is 0 Å². The van der Waals surface area contributed by atoms with Gasteiger partial charge in [-0.1, -0.05) is 30.3 Å². The van der Waals surface area contributed by atoms with E-state index < -0.39 is 19.2 Å². The third kappa shape index (κ3) is 4.74. The third-order valence-electron chi connectivity index (χ3n) is 4.79. The van der Waals surface area contributed by atoms with Gasteiger partial charge in [0.05, 0.1) is 0 Å². The second kappa shape index (κ2) is 8.74. The van der Waals surface area contributed by atoms with Gasteiger partial charge in [0, 0.05) is 36.2 Å². The van der Waals surface area contributed by atoms with Crippen LogP contribution in [-0.2, 0) is 11.0 Å². The monoisotopic (exact) mass is 449 g/mol. The van der Waals surface area contributed by atoms with Crippen molar-refractivity contribution in [1.82, 2.24) is 19.7 Å². The summed E-state index contributed by atoms with van der Waals surface area (Å²) < 4.78 is 13.2. The van der Waals surface area contributed by atoms with Gasteiger partial charge < -0.3 is 15.3 Å². The molecule has 0 radical (unpaired) electrons. The Bertz CT molecular complexity index is 1300. The molecule has 2 aromatic heterocycles. The van der Waals surface area contributed by atoms with Gasteiger partial charge in [-0.3, -0.25) is 9.36 Å². The number of aromatic nitrogens is 4. The number of carbonyl (C=O) groups excluding carboxylic acids is 1. The number of carbonyl (C=O) groups is 1. The normalized spacial score (nSPS) is 12.8. The van der Waals surface area contributed by atoms with Gasteiger partial charge in [0.25, 0.3) is 11.9 Å². The maximum Gasteiger partial charge on any atom is 0.262 e. The number of hydrogen-bond donors (Lipinski definition) is 3. The lowest BCUT2D eigenvalue weighted by molar-refractivity contribution is 0.102. The molecule has 4 rings (SSSR count). The van der Waals surface area contributed by atoms with Crippen LogP contribution in [0.25, 0.3) is 5.95 Å². The van der Waals surface area contributed by atoms with Crippen molar-refractivity contribution >= 4 is 24.3 Å². The molecule has 9 nitrogen and oxygen atoms in total. The molecule has 0 unspecified atom stereocenters. The molecular formula is C22H20N5O4P. The van der Waals surface area contributed by atoms with Crippen molar-refractivity contribution in [3.05, 3.63) is 89.9 Å². The summed E-state index contributed by atoms with van der Waals surface area (Å²) in [6.07, 6.45) is 4.91. The molecule has 0 aliphatic carbocycles. The molecule has 2 aromatic carbocycles. The number of amides is 1. The summed E-state index contributed by atoms with van der Waals surface area (Å²) in [6, 6.07) is 15.8. The van der Waals surface area contributed by atoms with Gasteiger partial charge >= 0.3 is 0 Å². The fraction of sp³-hybridized carbons (Fsp3) is 0.0909. The highest BCUT2D eigenvalue weighted by molar-refractivity contribution is 7.65. The molecule has 0 saturated carbocycles. The Labute approximate surface area is 183 Å². The molecule has 0 spiro atoms. The van der Waals surface area contributed by atoms with Gasteiger partial charge in [-0.25, -0.2) is 9.67 Å². The summed E-state index contributed by atoms with van der Waals surface area (Å²) in [5.74, 6) is -0.860. The second-order valence-corrected chi connectivity index (χ2v) is 9.47. The van der Waals surface area contributed by atoms with E-state index in [1.807, 2.05) is 12.1 Å². The summed E-state index contributed by atoms with van der Waals surface area (Å²) in [6.45, 7) is 1.30. The Morgan fingerprint density at radius 2 is 1.88 bits per heavy atom. The predicted octanol–water partition coefficient (Wildman–Crippen LogP) is 2.74. The van der Waals surface area contributed by atoms with Crippen molar-refractivity contribution in [2.24, 2.45) is 0 Å². The first-order valence-corrected chi connectivity index (χ1v) is 11.8. The molecule has 1 amide bonds. The Morgan fingerprint density at radius 1 is 1.12 bits per heavy atom. The topological polar surface area (TPSA) is 130 Å². The minimum absolute atomic E-state index is 0.0679. The Hall–Kier alpha value is -3.81. The summed E-state index contributed by atoms with van der Waals surface area (Å²) >= 11 is 0. The van der Waals surface area contributed by atoms with Crippen LogP contribution < -0.4 is 10.6 Å². The van der Waals surface area contributed by atoms with Gasteiger partial charge in [0.1, 0.15) is 5.56 Å². The van der Waals surface area contributed by atoms with Crippen LogP contribution >= 0.6 is 7.37 Å². The maximum atomic E-state index is 12.8. The van der Waals surface area contributed by atoms with Crippen LogP contribution in [0.1, 0.15) is 21.5 Å². The second-order valence-electron chi connectivity index (χ2n) is 7.19. The molecule has 10 heteroatoms. The molecule has 0 aliphatic heterocycles. The molecule has 162 valence electrons. The Morgan fingerprint density at radius 3 is 2.53 bits per heavy atom. The highest BCUT2D eigenvalue weighted by Crippen LogP contribution is 2.33. The van der Waals surface area contributed by atoms with E-state index in [1.54, 1.807) is 54.9 Å². The van der Waals surface area contributed by atoms with Gasteiger partial charge in [0.2, 0.25) is 13.2 Å². The summed E-state index contributed by atoms with van der Waals surface area (Å²) in [5.41, 5.74) is 2.26. The minimum Gasteiger partial charge on any atom is -0.493 e. The van der Waals surface area contributed by atoms with Crippen molar-refractivity contribution in [1.29, 1.82) is 0 Å². The van der Waals surface area contributed by atoms with Crippen LogP contribution in [0.5, 0.6) is 5.88 Å². The smallest absolute Gasteiger partial charge is 0.262 e. The average Bonchev–Trinajstić information content (AvgIpc) is 3.30. The number of aromatic hydroxyl groups is 1. The molecule has 32 heavy (non-hydrogen) atoms. The molecular weight excluding hydrogens is 429 g/mol. The zero-order chi connectivity index (χ0) is 22.7. The summed E-state index contributed by atoms with van der Waals surface area (Å²) in [7, 11) is -3.31. The highest BCUT2D eigenvalue weighted by atomic mass is 31.2. The summed E-state index contributed by atoms with van der Waals surface area (Å²) in [5, 5.41) is 17.4. The quantitative estimate of drug-likeness (QED) is 0.386. The van der Waals surface area contributed by atoms with Crippen LogP contribution in [0.3, 0.4) is 0 Å². The van der Waals surface area contributed by atoms with E-state index in [0.29, 0.717) is 17.4 Å². The molecule has 1 atom stereocenters. The van der Waals surface area contributed by atoms with Crippen molar-refractivity contribution in [3.63, 3.8) is 0 Å². The van der Waals surface area contributed by atoms with E-state index in [1.165, 1.54) is 17.5 Å². The van der Waals surface area contributed by atoms with Crippen LogP contribution in [0, 0.1) is 0 Å². The number of nitrogens with zero attached hydrogens (tertiary/aromatic N) is 4. The lowest BCUT2D eigenvalue weighted by Gasteiger charge is -2.12. The predicted molar refractivity (Wildman–Crippen MR) is 120 cm³/mol. The van der Waals surface area contributed by atoms with Gasteiger partial charge in [-0.2, -0.15) is 10.1 Å². The Kier molecular flexibility index (Phi) is 5.85. The minimum atomic E-state index is -3.31. The molecule has 0 aliphatic rings. The molecule has 4 aromatic rings. The van der Waals surface area contributed by atoms with E-state index in [0.717, 1.165) is 11.1 Å². The van der Waals surface area contributed by atoms with Gasteiger partial charge in [-0.15, -0.1) is 0 Å². The van der Waals surface area contributed by atoms with E-state index in [-0.39, 0.29) is 11.5 Å². The number of para-hydroxylation sites is 1. The first kappa shape index (κ1) is 21.4. The Balaban J connectivity index is 1.53. The molecule has 2 heterocycles. The highest BCUT2D eigenvalue weighted by Gasteiger charge is 2.17. The summed E-state index contributed by atoms with van der Waals surface area (Å²) in [4.78, 5) is 30.5. The molecule has 3 N–H and O–H groups in total. The fourth-order valence-electron chi connectivity index (χ4n) is 3.12. The maximum absolute atomic E-state index is 12.8. The van der Waals surface area contributed by atoms with Crippen molar-refractivity contribution in [3.8, 4) is 11.8 Å². The number of benzene rings is 2. The number of hydrogen-bond acceptors (Lipinski definition) is 6. The van der Waals surface area contributed by atoms with Crippen LogP contribution in [0.4, 0.5) is 5.69 Å². The van der Waals surface area contributed by atoms with E-state index in [4.69, 9.17) is 0 Å². The van der Waals surface area contributed by atoms with Crippen molar-refractivity contribution in [2.45, 2.75) is 6.42 Å². The number of nitrogens with one attached hydrogen (secondary N) is 1. The fourth-order valence-corrected chi connectivity index (χ4v) is 3.82. The van der Waals surface area contributed by atoms with Crippen LogP contribution in [0.15, 0.2) is 73.2 Å². The average molecular weight is 449 g/mol. The molecule has 0 bridgehead atoms. The first-order chi connectivity index (χ1) is 15.3.